The normalized spacial score (nSPS) is 11.4. The Morgan fingerprint density at radius 2 is 1.57 bits per heavy atom. The van der Waals surface area contributed by atoms with Gasteiger partial charge in [-0.2, -0.15) is 0 Å². The van der Waals surface area contributed by atoms with Gasteiger partial charge < -0.3 is 10.2 Å². The van der Waals surface area contributed by atoms with E-state index in [1.807, 2.05) is 0 Å². The lowest BCUT2D eigenvalue weighted by Gasteiger charge is -2.24. The number of primary sulfonamides is 1. The lowest BCUT2D eigenvalue weighted by Crippen LogP contribution is -2.36. The minimum absolute atomic E-state index is 0.0400. The van der Waals surface area contributed by atoms with Gasteiger partial charge in [-0.3, -0.25) is 0 Å². The first-order valence-corrected chi connectivity index (χ1v) is 13.6. The Morgan fingerprint density at radius 3 is 2.19 bits per heavy atom. The third-order valence-corrected chi connectivity index (χ3v) is 6.82. The summed E-state index contributed by atoms with van der Waals surface area (Å²) in [5.74, 6) is -3.58. The van der Waals surface area contributed by atoms with E-state index in [0.717, 1.165) is 25.7 Å². The Kier molecular flexibility index (Phi) is 9.71. The maximum absolute atomic E-state index is 14.1. The van der Waals surface area contributed by atoms with E-state index in [2.05, 4.69) is 12.2 Å². The summed E-state index contributed by atoms with van der Waals surface area (Å²) in [4.78, 5) is 14.3. The van der Waals surface area contributed by atoms with Gasteiger partial charge in [-0.25, -0.2) is 31.5 Å². The molecule has 0 radical (unpaired) electrons. The van der Waals surface area contributed by atoms with Crippen LogP contribution in [-0.2, 0) is 16.6 Å². The van der Waals surface area contributed by atoms with Crippen molar-refractivity contribution >= 4 is 21.7 Å². The van der Waals surface area contributed by atoms with Crippen molar-refractivity contribution < 1.29 is 26.4 Å². The average molecular weight is 534 g/mol. The van der Waals surface area contributed by atoms with Crippen LogP contribution in [0.15, 0.2) is 65.6 Å². The molecule has 6 nitrogen and oxygen atoms in total. The summed E-state index contributed by atoms with van der Waals surface area (Å²) < 4.78 is 66.4. The molecule has 0 unspecified atom stereocenters. The molecule has 3 aromatic rings. The van der Waals surface area contributed by atoms with Crippen molar-refractivity contribution in [1.82, 2.24) is 4.90 Å². The summed E-state index contributed by atoms with van der Waals surface area (Å²) in [7, 11) is -4.11. The Morgan fingerprint density at radius 1 is 0.919 bits per heavy atom. The molecule has 3 N–H and O–H groups in total. The van der Waals surface area contributed by atoms with Crippen LogP contribution in [0, 0.1) is 17.5 Å². The van der Waals surface area contributed by atoms with Crippen LogP contribution in [-0.4, -0.2) is 25.9 Å². The van der Waals surface area contributed by atoms with Crippen molar-refractivity contribution in [1.29, 1.82) is 0 Å². The number of carbonyl (C=O) groups excluding carboxylic acids is 1. The summed E-state index contributed by atoms with van der Waals surface area (Å²) in [5, 5.41) is 7.68. The molecule has 2 amide bonds. The number of halogens is 3. The number of anilines is 1. The number of carbonyl (C=O) groups is 1. The minimum Gasteiger partial charge on any atom is -0.320 e. The second-order valence-corrected chi connectivity index (χ2v) is 10.3. The van der Waals surface area contributed by atoms with Gasteiger partial charge in [0.1, 0.15) is 11.5 Å². The van der Waals surface area contributed by atoms with E-state index < -0.39 is 39.2 Å². The quantitative estimate of drug-likeness (QED) is 0.279. The number of hydrogen-bond acceptors (Lipinski definition) is 3. The molecule has 10 heteroatoms. The van der Waals surface area contributed by atoms with Gasteiger partial charge in [0.05, 0.1) is 4.90 Å². The first kappa shape index (κ1) is 28.2. The van der Waals surface area contributed by atoms with E-state index >= 15 is 0 Å². The van der Waals surface area contributed by atoms with Gasteiger partial charge in [0.2, 0.25) is 10.0 Å². The molecule has 0 bridgehead atoms. The molecule has 0 heterocycles. The fraction of sp³-hybridized carbons (Fsp3) is 0.296. The molecule has 0 spiro atoms. The zero-order chi connectivity index (χ0) is 27.0. The van der Waals surface area contributed by atoms with Crippen molar-refractivity contribution in [2.24, 2.45) is 5.14 Å². The fourth-order valence-electron chi connectivity index (χ4n) is 3.98. The highest BCUT2D eigenvalue weighted by Gasteiger charge is 2.21. The van der Waals surface area contributed by atoms with Crippen LogP contribution in [0.2, 0.25) is 0 Å². The van der Waals surface area contributed by atoms with Crippen LogP contribution in [0.4, 0.5) is 23.7 Å². The van der Waals surface area contributed by atoms with Crippen LogP contribution in [0.5, 0.6) is 0 Å². The molecular weight excluding hydrogens is 503 g/mol. The van der Waals surface area contributed by atoms with E-state index in [1.54, 1.807) is 42.5 Å². The summed E-state index contributed by atoms with van der Waals surface area (Å²) in [6.45, 7) is 2.29. The first-order valence-electron chi connectivity index (χ1n) is 12.0. The van der Waals surface area contributed by atoms with Gasteiger partial charge in [-0.05, 0) is 23.6 Å². The van der Waals surface area contributed by atoms with Crippen LogP contribution >= 0.6 is 0 Å². The minimum atomic E-state index is -4.11. The molecule has 0 aliphatic heterocycles. The second kappa shape index (κ2) is 12.7. The number of nitrogens with two attached hydrogens (primary N) is 1. The van der Waals surface area contributed by atoms with Crippen molar-refractivity contribution in [2.75, 3.05) is 11.9 Å². The second-order valence-electron chi connectivity index (χ2n) is 8.75. The number of benzene rings is 3. The molecule has 37 heavy (non-hydrogen) atoms. The zero-order valence-corrected chi connectivity index (χ0v) is 21.3. The molecule has 3 rings (SSSR count). The third-order valence-electron chi connectivity index (χ3n) is 5.87. The molecule has 0 aliphatic carbocycles. The Hall–Kier alpha value is -3.37. The molecule has 0 aliphatic rings. The maximum atomic E-state index is 14.1. The van der Waals surface area contributed by atoms with Crippen LogP contribution < -0.4 is 10.5 Å². The molecule has 198 valence electrons. The summed E-state index contributed by atoms with van der Waals surface area (Å²) in [6.07, 6.45) is 4.51. The van der Waals surface area contributed by atoms with Crippen molar-refractivity contribution in [3.05, 3.63) is 83.7 Å². The summed E-state index contributed by atoms with van der Waals surface area (Å²) in [5.41, 5.74) is 0.781. The van der Waals surface area contributed by atoms with Gasteiger partial charge >= 0.3 is 6.03 Å². The van der Waals surface area contributed by atoms with Crippen LogP contribution in [0.3, 0.4) is 0 Å². The van der Waals surface area contributed by atoms with Crippen molar-refractivity contribution in [3.63, 3.8) is 0 Å². The van der Waals surface area contributed by atoms with E-state index in [-0.39, 0.29) is 18.0 Å². The van der Waals surface area contributed by atoms with Crippen LogP contribution in [0.25, 0.3) is 11.1 Å². The van der Waals surface area contributed by atoms with E-state index in [0.29, 0.717) is 35.2 Å². The lowest BCUT2D eigenvalue weighted by atomic mass is 10.0. The lowest BCUT2D eigenvalue weighted by molar-refractivity contribution is 0.207. The first-order chi connectivity index (χ1) is 17.6. The van der Waals surface area contributed by atoms with Gasteiger partial charge in [0.15, 0.2) is 11.6 Å². The van der Waals surface area contributed by atoms with Gasteiger partial charge in [0, 0.05) is 30.8 Å². The SMILES string of the molecule is CCCCCCCN(Cc1ccc(-c2ccccc2)c(S(N)(=O)=O)c1)C(=O)Nc1c(F)cc(F)cc1F. The highest BCUT2D eigenvalue weighted by Crippen LogP contribution is 2.28. The number of sulfonamides is 1. The molecule has 0 saturated carbocycles. The maximum Gasteiger partial charge on any atom is 0.322 e. The Labute approximate surface area is 215 Å². The number of unbranched alkanes of at least 4 members (excludes halogenated alkanes) is 4. The molecule has 0 fully saturated rings. The standard InChI is InChI=1S/C27H30F3N3O3S/c1-2-3-4-5-9-14-33(27(34)32-26-23(29)16-21(28)17-24(26)30)18-19-12-13-22(20-10-7-6-8-11-20)25(15-19)37(31,35)36/h6-8,10-13,15-17H,2-5,9,14,18H2,1H3,(H,32,34)(H2,31,35,36). The number of urea groups is 1. The van der Waals surface area contributed by atoms with Gasteiger partial charge in [-0.1, -0.05) is 75.1 Å². The topological polar surface area (TPSA) is 92.5 Å². The Balaban J connectivity index is 1.89. The number of nitrogens with one attached hydrogen (secondary N) is 1. The highest BCUT2D eigenvalue weighted by molar-refractivity contribution is 7.89. The fourth-order valence-corrected chi connectivity index (χ4v) is 4.79. The number of hydrogen-bond donors (Lipinski definition) is 2. The zero-order valence-electron chi connectivity index (χ0n) is 20.5. The smallest absolute Gasteiger partial charge is 0.320 e. The molecular formula is C27H30F3N3O3S. The molecule has 0 aromatic heterocycles. The van der Waals surface area contributed by atoms with E-state index in [1.165, 1.54) is 11.0 Å². The van der Waals surface area contributed by atoms with Crippen LogP contribution in [0.1, 0.15) is 44.6 Å². The van der Waals surface area contributed by atoms with Gasteiger partial charge in [-0.15, -0.1) is 0 Å². The molecule has 0 atom stereocenters. The number of nitrogens with zero attached hydrogens (tertiary/aromatic N) is 1. The molecule has 3 aromatic carbocycles. The van der Waals surface area contributed by atoms with E-state index in [4.69, 9.17) is 5.14 Å². The van der Waals surface area contributed by atoms with E-state index in [9.17, 15) is 26.4 Å². The van der Waals surface area contributed by atoms with Gasteiger partial charge in [0.25, 0.3) is 0 Å². The van der Waals surface area contributed by atoms with Crippen molar-refractivity contribution in [2.45, 2.75) is 50.5 Å². The largest absolute Gasteiger partial charge is 0.322 e. The predicted molar refractivity (Wildman–Crippen MR) is 138 cm³/mol. The number of rotatable bonds is 11. The predicted octanol–water partition coefficient (Wildman–Crippen LogP) is 6.42. The summed E-state index contributed by atoms with van der Waals surface area (Å²) in [6, 6.07) is 13.7. The average Bonchev–Trinajstić information content (AvgIpc) is 2.85. The number of amides is 2. The summed E-state index contributed by atoms with van der Waals surface area (Å²) >= 11 is 0. The molecule has 0 saturated heterocycles. The third kappa shape index (κ3) is 7.80. The highest BCUT2D eigenvalue weighted by atomic mass is 32.2. The Bertz CT molecular complexity index is 1310. The monoisotopic (exact) mass is 533 g/mol. The van der Waals surface area contributed by atoms with Crippen molar-refractivity contribution in [3.8, 4) is 11.1 Å².